The first-order valence-electron chi connectivity index (χ1n) is 5.97. The van der Waals surface area contributed by atoms with Gasteiger partial charge in [-0.05, 0) is 29.9 Å². The summed E-state index contributed by atoms with van der Waals surface area (Å²) in [5, 5.41) is 0. The maximum absolute atomic E-state index is 5.29. The van der Waals surface area contributed by atoms with Crippen molar-refractivity contribution in [3.05, 3.63) is 47.0 Å². The molecule has 0 radical (unpaired) electrons. The molecule has 1 heterocycles. The van der Waals surface area contributed by atoms with Crippen LogP contribution < -0.4 is 0 Å². The van der Waals surface area contributed by atoms with E-state index in [1.165, 1.54) is 30.4 Å². The lowest BCUT2D eigenvalue weighted by Gasteiger charge is -2.26. The molecule has 3 rings (SSSR count). The van der Waals surface area contributed by atoms with E-state index in [2.05, 4.69) is 34.2 Å². The van der Waals surface area contributed by atoms with Crippen LogP contribution in [0.15, 0.2) is 36.8 Å². The molecule has 1 aromatic heterocycles. The summed E-state index contributed by atoms with van der Waals surface area (Å²) in [5.41, 5.74) is 3.62. The molecule has 0 bridgehead atoms. The minimum atomic E-state index is 0.754. The molecule has 0 unspecified atom stereocenters. The molecule has 0 aliphatic heterocycles. The van der Waals surface area contributed by atoms with Gasteiger partial charge in [-0.15, -0.1) is 0 Å². The Bertz CT molecular complexity index is 585. The molecule has 2 nitrogen and oxygen atoms in total. The van der Waals surface area contributed by atoms with Crippen LogP contribution in [-0.4, -0.2) is 9.97 Å². The van der Waals surface area contributed by atoms with Gasteiger partial charge in [0.05, 0.1) is 6.33 Å². The van der Waals surface area contributed by atoms with Crippen LogP contribution in [0.25, 0.3) is 11.1 Å². The van der Waals surface area contributed by atoms with Gasteiger partial charge in [-0.3, -0.25) is 0 Å². The van der Waals surface area contributed by atoms with E-state index in [1.54, 1.807) is 6.33 Å². The molecule has 1 saturated carbocycles. The van der Waals surface area contributed by atoms with Gasteiger partial charge in [0.2, 0.25) is 0 Å². The molecule has 1 fully saturated rings. The van der Waals surface area contributed by atoms with E-state index in [9.17, 15) is 0 Å². The molecule has 0 spiro atoms. The highest BCUT2D eigenvalue weighted by molar-refractivity contribution is 7.71. The molecule has 17 heavy (non-hydrogen) atoms. The quantitative estimate of drug-likeness (QED) is 0.804. The fraction of sp³-hybridized carbons (Fsp3) is 0.286. The van der Waals surface area contributed by atoms with E-state index in [4.69, 9.17) is 12.2 Å². The molecule has 1 aromatic carbocycles. The Hall–Kier alpha value is -1.48. The van der Waals surface area contributed by atoms with Crippen molar-refractivity contribution in [3.8, 4) is 11.1 Å². The molecule has 0 amide bonds. The minimum Gasteiger partial charge on any atom is -0.337 e. The number of H-pyrrole nitrogens is 1. The monoisotopic (exact) mass is 242 g/mol. The zero-order valence-corrected chi connectivity index (χ0v) is 10.3. The predicted molar refractivity (Wildman–Crippen MR) is 71.4 cm³/mol. The number of rotatable bonds is 2. The van der Waals surface area contributed by atoms with Crippen molar-refractivity contribution in [1.82, 2.24) is 9.97 Å². The van der Waals surface area contributed by atoms with Crippen molar-refractivity contribution in [1.29, 1.82) is 0 Å². The SMILES string of the molecule is S=c1[nH]cncc1-c1cccc(C2CCC2)c1. The van der Waals surface area contributed by atoms with Crippen LogP contribution in [0.3, 0.4) is 0 Å². The van der Waals surface area contributed by atoms with Crippen LogP contribution in [0.5, 0.6) is 0 Å². The van der Waals surface area contributed by atoms with Gasteiger partial charge in [0, 0.05) is 11.8 Å². The average molecular weight is 242 g/mol. The van der Waals surface area contributed by atoms with Gasteiger partial charge in [0.15, 0.2) is 0 Å². The van der Waals surface area contributed by atoms with Crippen molar-refractivity contribution < 1.29 is 0 Å². The predicted octanol–water partition coefficient (Wildman–Crippen LogP) is 4.07. The van der Waals surface area contributed by atoms with Crippen molar-refractivity contribution in [2.45, 2.75) is 25.2 Å². The third-order valence-electron chi connectivity index (χ3n) is 3.49. The van der Waals surface area contributed by atoms with E-state index in [-0.39, 0.29) is 0 Å². The Balaban J connectivity index is 2.03. The average Bonchev–Trinajstić information content (AvgIpc) is 2.28. The minimum absolute atomic E-state index is 0.754. The van der Waals surface area contributed by atoms with Crippen LogP contribution in [0.1, 0.15) is 30.7 Å². The maximum Gasteiger partial charge on any atom is 0.113 e. The van der Waals surface area contributed by atoms with E-state index < -0.39 is 0 Å². The van der Waals surface area contributed by atoms with Gasteiger partial charge in [0.25, 0.3) is 0 Å². The van der Waals surface area contributed by atoms with Gasteiger partial charge in [-0.1, -0.05) is 42.9 Å². The number of aromatic amines is 1. The lowest BCUT2D eigenvalue weighted by atomic mass is 9.79. The molecule has 1 aliphatic rings. The summed E-state index contributed by atoms with van der Waals surface area (Å²) in [6, 6.07) is 8.69. The van der Waals surface area contributed by atoms with Crippen LogP contribution in [0.4, 0.5) is 0 Å². The summed E-state index contributed by atoms with van der Waals surface area (Å²) < 4.78 is 0.755. The summed E-state index contributed by atoms with van der Waals surface area (Å²) in [6.45, 7) is 0. The van der Waals surface area contributed by atoms with Gasteiger partial charge >= 0.3 is 0 Å². The molecular weight excluding hydrogens is 228 g/mol. The Labute approximate surface area is 106 Å². The molecule has 0 saturated heterocycles. The summed E-state index contributed by atoms with van der Waals surface area (Å²) in [6.07, 6.45) is 7.47. The van der Waals surface area contributed by atoms with Crippen molar-refractivity contribution >= 4 is 12.2 Å². The van der Waals surface area contributed by atoms with E-state index in [0.29, 0.717) is 0 Å². The fourth-order valence-corrected chi connectivity index (χ4v) is 2.47. The number of hydrogen-bond acceptors (Lipinski definition) is 2. The zero-order valence-electron chi connectivity index (χ0n) is 9.52. The number of benzene rings is 1. The van der Waals surface area contributed by atoms with Crippen molar-refractivity contribution in [2.75, 3.05) is 0 Å². The van der Waals surface area contributed by atoms with Gasteiger partial charge < -0.3 is 4.98 Å². The first-order chi connectivity index (χ1) is 8.34. The molecular formula is C14H14N2S. The van der Waals surface area contributed by atoms with Crippen molar-refractivity contribution in [2.24, 2.45) is 0 Å². The molecule has 2 aromatic rings. The zero-order chi connectivity index (χ0) is 11.7. The second-order valence-electron chi connectivity index (χ2n) is 4.55. The van der Waals surface area contributed by atoms with Crippen LogP contribution in [0, 0.1) is 4.64 Å². The first-order valence-corrected chi connectivity index (χ1v) is 6.38. The van der Waals surface area contributed by atoms with E-state index >= 15 is 0 Å². The highest BCUT2D eigenvalue weighted by Gasteiger charge is 2.19. The number of aromatic nitrogens is 2. The first kappa shape index (κ1) is 10.7. The molecule has 0 atom stereocenters. The van der Waals surface area contributed by atoms with Gasteiger partial charge in [0.1, 0.15) is 4.64 Å². The summed E-state index contributed by atoms with van der Waals surface area (Å²) in [4.78, 5) is 7.09. The number of nitrogens with zero attached hydrogens (tertiary/aromatic N) is 1. The van der Waals surface area contributed by atoms with E-state index in [1.807, 2.05) is 6.20 Å². The maximum atomic E-state index is 5.29. The Kier molecular flexibility index (Phi) is 2.77. The number of nitrogens with one attached hydrogen (secondary N) is 1. The third kappa shape index (κ3) is 2.03. The normalized spacial score (nSPS) is 15.5. The number of hydrogen-bond donors (Lipinski definition) is 1. The summed E-state index contributed by atoms with van der Waals surface area (Å²) >= 11 is 5.29. The third-order valence-corrected chi connectivity index (χ3v) is 3.83. The van der Waals surface area contributed by atoms with Crippen LogP contribution in [-0.2, 0) is 0 Å². The molecule has 3 heteroatoms. The van der Waals surface area contributed by atoms with E-state index in [0.717, 1.165) is 16.1 Å². The van der Waals surface area contributed by atoms with Crippen LogP contribution in [0.2, 0.25) is 0 Å². The highest BCUT2D eigenvalue weighted by Crippen LogP contribution is 2.37. The topological polar surface area (TPSA) is 28.7 Å². The second-order valence-corrected chi connectivity index (χ2v) is 4.96. The lowest BCUT2D eigenvalue weighted by molar-refractivity contribution is 0.420. The van der Waals surface area contributed by atoms with Gasteiger partial charge in [-0.25, -0.2) is 4.98 Å². The van der Waals surface area contributed by atoms with Crippen molar-refractivity contribution in [3.63, 3.8) is 0 Å². The summed E-state index contributed by atoms with van der Waals surface area (Å²) in [7, 11) is 0. The largest absolute Gasteiger partial charge is 0.337 e. The molecule has 86 valence electrons. The Morgan fingerprint density at radius 1 is 1.29 bits per heavy atom. The Morgan fingerprint density at radius 3 is 2.88 bits per heavy atom. The molecule has 1 N–H and O–H groups in total. The van der Waals surface area contributed by atoms with Gasteiger partial charge in [-0.2, -0.15) is 0 Å². The summed E-state index contributed by atoms with van der Waals surface area (Å²) in [5.74, 6) is 0.754. The highest BCUT2D eigenvalue weighted by atomic mass is 32.1. The fourth-order valence-electron chi connectivity index (χ4n) is 2.25. The Morgan fingerprint density at radius 2 is 2.18 bits per heavy atom. The standard InChI is InChI=1S/C14H14N2S/c17-14-13(8-15-9-16-14)12-6-2-5-11(7-12)10-3-1-4-10/h2,5-10H,1,3-4H2,(H,15,16,17). The lowest BCUT2D eigenvalue weighted by Crippen LogP contribution is -2.08. The second kappa shape index (κ2) is 4.41. The molecule has 1 aliphatic carbocycles. The van der Waals surface area contributed by atoms with Crippen LogP contribution >= 0.6 is 12.2 Å². The smallest absolute Gasteiger partial charge is 0.113 e.